The zero-order valence-corrected chi connectivity index (χ0v) is 22.0. The van der Waals surface area contributed by atoms with E-state index in [9.17, 15) is 14.4 Å². The van der Waals surface area contributed by atoms with Gasteiger partial charge in [0, 0.05) is 17.8 Å². The van der Waals surface area contributed by atoms with Crippen LogP contribution in [-0.4, -0.2) is 36.0 Å². The SMILES string of the molecule is CCCN1C(=O)NC(c2cccc(NC(=O)c3ccc(CC)cc3)c2)C(C(=O)OCC)=C1c1ccccc1. The minimum atomic E-state index is -0.759. The van der Waals surface area contributed by atoms with Gasteiger partial charge in [0.25, 0.3) is 5.91 Å². The van der Waals surface area contributed by atoms with E-state index in [1.165, 1.54) is 0 Å². The molecule has 1 unspecified atom stereocenters. The Bertz CT molecular complexity index is 1330. The van der Waals surface area contributed by atoms with E-state index < -0.39 is 12.0 Å². The zero-order valence-electron chi connectivity index (χ0n) is 22.0. The zero-order chi connectivity index (χ0) is 27.1. The number of aryl methyl sites for hydroxylation is 1. The van der Waals surface area contributed by atoms with E-state index in [-0.39, 0.29) is 18.5 Å². The van der Waals surface area contributed by atoms with Crippen LogP contribution in [0.3, 0.4) is 0 Å². The van der Waals surface area contributed by atoms with Gasteiger partial charge in [-0.15, -0.1) is 0 Å². The van der Waals surface area contributed by atoms with Gasteiger partial charge in [-0.2, -0.15) is 0 Å². The van der Waals surface area contributed by atoms with E-state index in [0.29, 0.717) is 41.1 Å². The summed E-state index contributed by atoms with van der Waals surface area (Å²) in [6, 6.07) is 23.0. The van der Waals surface area contributed by atoms with Crippen molar-refractivity contribution in [3.8, 4) is 0 Å². The van der Waals surface area contributed by atoms with E-state index in [2.05, 4.69) is 17.6 Å². The first-order valence-corrected chi connectivity index (χ1v) is 13.0. The molecule has 0 saturated heterocycles. The molecule has 1 heterocycles. The Kier molecular flexibility index (Phi) is 8.58. The molecule has 0 fully saturated rings. The average Bonchev–Trinajstić information content (AvgIpc) is 2.94. The van der Waals surface area contributed by atoms with Crippen LogP contribution in [0, 0.1) is 0 Å². The Morgan fingerprint density at radius 1 is 0.947 bits per heavy atom. The highest BCUT2D eigenvalue weighted by Gasteiger charge is 2.38. The van der Waals surface area contributed by atoms with Gasteiger partial charge in [-0.05, 0) is 60.7 Å². The van der Waals surface area contributed by atoms with Crippen LogP contribution < -0.4 is 10.6 Å². The molecule has 0 bridgehead atoms. The summed E-state index contributed by atoms with van der Waals surface area (Å²) in [7, 11) is 0. The minimum Gasteiger partial charge on any atom is -0.463 e. The molecule has 7 nitrogen and oxygen atoms in total. The summed E-state index contributed by atoms with van der Waals surface area (Å²) < 4.78 is 5.47. The van der Waals surface area contributed by atoms with Gasteiger partial charge in [-0.3, -0.25) is 9.69 Å². The molecule has 4 rings (SSSR count). The van der Waals surface area contributed by atoms with Crippen LogP contribution in [0.2, 0.25) is 0 Å². The number of nitrogens with one attached hydrogen (secondary N) is 2. The lowest BCUT2D eigenvalue weighted by Crippen LogP contribution is -2.48. The van der Waals surface area contributed by atoms with Crippen molar-refractivity contribution in [3.05, 3.63) is 107 Å². The number of esters is 1. The van der Waals surface area contributed by atoms with Crippen LogP contribution in [-0.2, 0) is 16.0 Å². The van der Waals surface area contributed by atoms with Crippen LogP contribution in [0.5, 0.6) is 0 Å². The van der Waals surface area contributed by atoms with Crippen molar-refractivity contribution < 1.29 is 19.1 Å². The molecule has 0 spiro atoms. The molecule has 1 aliphatic heterocycles. The third-order valence-electron chi connectivity index (χ3n) is 6.42. The fourth-order valence-electron chi connectivity index (χ4n) is 4.57. The third-order valence-corrected chi connectivity index (χ3v) is 6.42. The summed E-state index contributed by atoms with van der Waals surface area (Å²) in [5.41, 5.74) is 4.55. The lowest BCUT2D eigenvalue weighted by atomic mass is 9.91. The van der Waals surface area contributed by atoms with Gasteiger partial charge < -0.3 is 15.4 Å². The smallest absolute Gasteiger partial charge is 0.338 e. The molecule has 7 heteroatoms. The normalized spacial score (nSPS) is 15.2. The summed E-state index contributed by atoms with van der Waals surface area (Å²) in [4.78, 5) is 41.2. The van der Waals surface area contributed by atoms with E-state index in [1.54, 1.807) is 42.2 Å². The maximum atomic E-state index is 13.4. The number of carbonyl (C=O) groups is 3. The van der Waals surface area contributed by atoms with Crippen molar-refractivity contribution >= 4 is 29.3 Å². The topological polar surface area (TPSA) is 87.7 Å². The highest BCUT2D eigenvalue weighted by molar-refractivity contribution is 6.05. The predicted octanol–water partition coefficient (Wildman–Crippen LogP) is 5.95. The van der Waals surface area contributed by atoms with Crippen molar-refractivity contribution in [2.75, 3.05) is 18.5 Å². The Hall–Kier alpha value is -4.39. The van der Waals surface area contributed by atoms with Crippen LogP contribution in [0.15, 0.2) is 84.4 Å². The summed E-state index contributed by atoms with van der Waals surface area (Å²) >= 11 is 0. The van der Waals surface area contributed by atoms with Crippen LogP contribution in [0.4, 0.5) is 10.5 Å². The maximum absolute atomic E-state index is 13.4. The molecule has 0 aromatic heterocycles. The number of carbonyl (C=O) groups excluding carboxylic acids is 3. The first-order chi connectivity index (χ1) is 18.5. The molecule has 1 aliphatic rings. The van der Waals surface area contributed by atoms with E-state index in [4.69, 9.17) is 4.74 Å². The summed E-state index contributed by atoms with van der Waals surface area (Å²) in [5.74, 6) is -0.736. The van der Waals surface area contributed by atoms with Gasteiger partial charge in [0.15, 0.2) is 0 Å². The van der Waals surface area contributed by atoms with Gasteiger partial charge in [0.2, 0.25) is 0 Å². The van der Waals surface area contributed by atoms with E-state index in [1.807, 2.05) is 55.5 Å². The number of rotatable bonds is 9. The summed E-state index contributed by atoms with van der Waals surface area (Å²) in [5, 5.41) is 5.93. The molecule has 196 valence electrons. The molecule has 0 radical (unpaired) electrons. The van der Waals surface area contributed by atoms with Crippen LogP contribution in [0.25, 0.3) is 5.70 Å². The first-order valence-electron chi connectivity index (χ1n) is 13.0. The molecule has 0 aliphatic carbocycles. The van der Waals surface area contributed by atoms with Crippen LogP contribution >= 0.6 is 0 Å². The number of amides is 3. The van der Waals surface area contributed by atoms with E-state index >= 15 is 0 Å². The lowest BCUT2D eigenvalue weighted by Gasteiger charge is -2.37. The van der Waals surface area contributed by atoms with Crippen molar-refractivity contribution in [2.24, 2.45) is 0 Å². The van der Waals surface area contributed by atoms with Crippen molar-refractivity contribution in [1.82, 2.24) is 10.2 Å². The number of urea groups is 1. The standard InChI is InChI=1S/C31H33N3O4/c1-4-19-34-28(22-11-8-7-9-12-22)26(30(36)38-6-3)27(33-31(34)37)24-13-10-14-25(20-24)32-29(35)23-17-15-21(5-2)16-18-23/h7-18,20,27H,4-6,19H2,1-3H3,(H,32,35)(H,33,37). The number of anilines is 1. The average molecular weight is 512 g/mol. The second-order valence-corrected chi connectivity index (χ2v) is 9.01. The Balaban J connectivity index is 1.75. The van der Waals surface area contributed by atoms with Gasteiger partial charge in [0.05, 0.1) is 23.9 Å². The second kappa shape index (κ2) is 12.2. The highest BCUT2D eigenvalue weighted by Crippen LogP contribution is 2.37. The number of hydrogen-bond acceptors (Lipinski definition) is 4. The number of hydrogen-bond donors (Lipinski definition) is 2. The second-order valence-electron chi connectivity index (χ2n) is 9.01. The molecule has 3 amide bonds. The predicted molar refractivity (Wildman–Crippen MR) is 148 cm³/mol. The largest absolute Gasteiger partial charge is 0.463 e. The fourth-order valence-corrected chi connectivity index (χ4v) is 4.57. The first kappa shape index (κ1) is 26.7. The Morgan fingerprint density at radius 2 is 1.68 bits per heavy atom. The quantitative estimate of drug-likeness (QED) is 0.348. The van der Waals surface area contributed by atoms with Crippen molar-refractivity contribution in [3.63, 3.8) is 0 Å². The monoisotopic (exact) mass is 511 g/mol. The molecule has 0 saturated carbocycles. The minimum absolute atomic E-state index is 0.200. The molecule has 2 N–H and O–H groups in total. The molecule has 1 atom stereocenters. The van der Waals surface area contributed by atoms with E-state index in [0.717, 1.165) is 17.5 Å². The molecular formula is C31H33N3O4. The van der Waals surface area contributed by atoms with Gasteiger partial charge >= 0.3 is 12.0 Å². The van der Waals surface area contributed by atoms with Gasteiger partial charge in [-0.25, -0.2) is 9.59 Å². The van der Waals surface area contributed by atoms with Crippen LogP contribution in [0.1, 0.15) is 60.3 Å². The molecule has 3 aromatic carbocycles. The van der Waals surface area contributed by atoms with Crippen molar-refractivity contribution in [2.45, 2.75) is 39.7 Å². The van der Waals surface area contributed by atoms with Gasteiger partial charge in [0.1, 0.15) is 0 Å². The third kappa shape index (κ3) is 5.78. The Labute approximate surface area is 223 Å². The summed E-state index contributed by atoms with van der Waals surface area (Å²) in [6.45, 7) is 6.44. The summed E-state index contributed by atoms with van der Waals surface area (Å²) in [6.07, 6.45) is 1.61. The molecule has 38 heavy (non-hydrogen) atoms. The Morgan fingerprint density at radius 3 is 2.34 bits per heavy atom. The maximum Gasteiger partial charge on any atom is 0.338 e. The molecule has 3 aromatic rings. The molecular weight excluding hydrogens is 478 g/mol. The van der Waals surface area contributed by atoms with Gasteiger partial charge in [-0.1, -0.05) is 68.4 Å². The number of ether oxygens (including phenoxy) is 1. The highest BCUT2D eigenvalue weighted by atomic mass is 16.5. The lowest BCUT2D eigenvalue weighted by molar-refractivity contribution is -0.138. The number of benzene rings is 3. The van der Waals surface area contributed by atoms with Crippen molar-refractivity contribution in [1.29, 1.82) is 0 Å². The fraction of sp³-hybridized carbons (Fsp3) is 0.258. The number of nitrogens with zero attached hydrogens (tertiary/aromatic N) is 1.